The van der Waals surface area contributed by atoms with Crippen molar-refractivity contribution < 1.29 is 46.1 Å². The van der Waals surface area contributed by atoms with Crippen molar-refractivity contribution in [2.75, 3.05) is 0 Å². The predicted octanol–water partition coefficient (Wildman–Crippen LogP) is 3.19. The highest BCUT2D eigenvalue weighted by Gasteiger charge is 2.72. The molecule has 1 rings (SSSR count). The van der Waals surface area contributed by atoms with Gasteiger partial charge in [0.05, 0.1) is 0 Å². The highest BCUT2D eigenvalue weighted by Crippen LogP contribution is 2.52. The number of alkyl halides is 6. The second-order valence-corrected chi connectivity index (χ2v) is 4.55. The van der Waals surface area contributed by atoms with Crippen LogP contribution in [0, 0.1) is 0 Å². The molecule has 0 aliphatic carbocycles. The third-order valence-corrected chi connectivity index (χ3v) is 2.74. The van der Waals surface area contributed by atoms with Gasteiger partial charge in [-0.05, 0) is 25.1 Å². The highest BCUT2D eigenvalue weighted by molar-refractivity contribution is 5.88. The van der Waals surface area contributed by atoms with Crippen molar-refractivity contribution >= 4 is 5.97 Å². The predicted molar refractivity (Wildman–Crippen MR) is 64.6 cm³/mol. The van der Waals surface area contributed by atoms with Gasteiger partial charge in [-0.2, -0.15) is 26.3 Å². The molecule has 2 N–H and O–H groups in total. The number of benzene rings is 1. The number of phenols is 1. The Morgan fingerprint density at radius 2 is 1.61 bits per heavy atom. The Morgan fingerprint density at radius 3 is 2.00 bits per heavy atom. The van der Waals surface area contributed by atoms with Gasteiger partial charge in [-0.15, -0.1) is 0 Å². The molecule has 1 aromatic rings. The van der Waals surface area contributed by atoms with E-state index in [2.05, 4.69) is 11.3 Å². The van der Waals surface area contributed by atoms with Crippen molar-refractivity contribution in [3.8, 4) is 11.5 Å². The summed E-state index contributed by atoms with van der Waals surface area (Å²) in [6.45, 7) is 4.38. The van der Waals surface area contributed by atoms with Crippen molar-refractivity contribution in [2.24, 2.45) is 0 Å². The number of rotatable bonds is 3. The Balaban J connectivity index is 3.50. The first-order chi connectivity index (χ1) is 10.2. The van der Waals surface area contributed by atoms with Crippen LogP contribution in [0.15, 0.2) is 30.4 Å². The molecule has 128 valence electrons. The van der Waals surface area contributed by atoms with E-state index >= 15 is 0 Å². The minimum atomic E-state index is -6.18. The number of esters is 1. The van der Waals surface area contributed by atoms with Crippen molar-refractivity contribution in [1.82, 2.24) is 0 Å². The summed E-state index contributed by atoms with van der Waals surface area (Å²) >= 11 is 0. The lowest BCUT2D eigenvalue weighted by Gasteiger charge is -2.33. The first kappa shape index (κ1) is 18.8. The minimum Gasteiger partial charge on any atom is -0.508 e. The van der Waals surface area contributed by atoms with Crippen LogP contribution in [0.2, 0.25) is 0 Å². The summed E-state index contributed by atoms with van der Waals surface area (Å²) in [5.74, 6) is -3.32. The number of hydrogen-bond donors (Lipinski definition) is 2. The summed E-state index contributed by atoms with van der Waals surface area (Å²) in [5, 5.41) is 18.6. The molecular weight excluding hydrogens is 334 g/mol. The van der Waals surface area contributed by atoms with Crippen LogP contribution in [-0.2, 0) is 10.4 Å². The quantitative estimate of drug-likeness (QED) is 0.383. The smallest absolute Gasteiger partial charge is 0.430 e. The molecule has 0 bridgehead atoms. The molecule has 1 aromatic carbocycles. The van der Waals surface area contributed by atoms with E-state index < -0.39 is 41.0 Å². The van der Waals surface area contributed by atoms with Gasteiger partial charge in [-0.1, -0.05) is 6.58 Å². The molecule has 0 amide bonds. The van der Waals surface area contributed by atoms with E-state index in [1.807, 2.05) is 0 Å². The molecule has 0 fully saturated rings. The Labute approximate surface area is 125 Å². The maximum Gasteiger partial charge on any atom is 0.430 e. The van der Waals surface area contributed by atoms with Gasteiger partial charge in [0.15, 0.2) is 0 Å². The van der Waals surface area contributed by atoms with Gasteiger partial charge in [0, 0.05) is 11.1 Å². The molecule has 0 spiro atoms. The average molecular weight is 344 g/mol. The number of carbonyl (C=O) groups is 1. The maximum atomic E-state index is 12.8. The lowest BCUT2D eigenvalue weighted by molar-refractivity contribution is -0.376. The van der Waals surface area contributed by atoms with E-state index in [4.69, 9.17) is 0 Å². The minimum absolute atomic E-state index is 0.0805. The van der Waals surface area contributed by atoms with Gasteiger partial charge in [-0.25, -0.2) is 4.79 Å². The summed E-state index contributed by atoms with van der Waals surface area (Å²) in [5.41, 5.74) is -7.42. The van der Waals surface area contributed by atoms with Crippen LogP contribution in [0.3, 0.4) is 0 Å². The van der Waals surface area contributed by atoms with E-state index in [1.165, 1.54) is 6.92 Å². The van der Waals surface area contributed by atoms with E-state index in [1.54, 1.807) is 0 Å². The van der Waals surface area contributed by atoms with Crippen LogP contribution < -0.4 is 4.74 Å². The van der Waals surface area contributed by atoms with Gasteiger partial charge in [0.25, 0.3) is 5.60 Å². The van der Waals surface area contributed by atoms with Crippen molar-refractivity contribution in [3.63, 3.8) is 0 Å². The molecular formula is C13H10F6O4. The molecule has 0 unspecified atom stereocenters. The van der Waals surface area contributed by atoms with E-state index in [9.17, 15) is 41.4 Å². The summed E-state index contributed by atoms with van der Waals surface area (Å²) in [4.78, 5) is 11.3. The van der Waals surface area contributed by atoms with E-state index in [-0.39, 0.29) is 11.6 Å². The fraction of sp³-hybridized carbons (Fsp3) is 0.308. The Kier molecular flexibility index (Phi) is 4.71. The molecule has 0 atom stereocenters. The molecule has 0 radical (unpaired) electrons. The summed E-state index contributed by atoms with van der Waals surface area (Å²) in [7, 11) is 0. The maximum absolute atomic E-state index is 12.8. The van der Waals surface area contributed by atoms with Crippen LogP contribution in [-0.4, -0.2) is 28.5 Å². The monoisotopic (exact) mass is 344 g/mol. The van der Waals surface area contributed by atoms with Gasteiger partial charge in [-0.3, -0.25) is 0 Å². The molecule has 23 heavy (non-hydrogen) atoms. The summed E-state index contributed by atoms with van der Waals surface area (Å²) < 4.78 is 81.2. The number of ether oxygens (including phenoxy) is 1. The number of aliphatic hydroxyl groups is 1. The highest BCUT2D eigenvalue weighted by atomic mass is 19.4. The number of hydrogen-bond acceptors (Lipinski definition) is 4. The van der Waals surface area contributed by atoms with Gasteiger partial charge < -0.3 is 14.9 Å². The largest absolute Gasteiger partial charge is 0.508 e. The zero-order valence-electron chi connectivity index (χ0n) is 11.4. The van der Waals surface area contributed by atoms with E-state index in [0.29, 0.717) is 6.07 Å². The van der Waals surface area contributed by atoms with Crippen LogP contribution in [0.1, 0.15) is 12.5 Å². The fourth-order valence-corrected chi connectivity index (χ4v) is 1.53. The third kappa shape index (κ3) is 3.41. The zero-order chi connectivity index (χ0) is 18.2. The fourth-order valence-electron chi connectivity index (χ4n) is 1.53. The lowest BCUT2D eigenvalue weighted by Crippen LogP contribution is -2.53. The van der Waals surface area contributed by atoms with Crippen LogP contribution in [0.4, 0.5) is 26.3 Å². The summed E-state index contributed by atoms with van der Waals surface area (Å²) in [6, 6.07) is 1.27. The first-order valence-electron chi connectivity index (χ1n) is 5.79. The molecule has 0 saturated heterocycles. The number of carbonyl (C=O) groups excluding carboxylic acids is 1. The molecule has 0 heterocycles. The Bertz CT molecular complexity index is 618. The first-order valence-corrected chi connectivity index (χ1v) is 5.79. The molecule has 10 heteroatoms. The number of aromatic hydroxyl groups is 1. The van der Waals surface area contributed by atoms with E-state index in [0.717, 1.165) is 6.07 Å². The van der Waals surface area contributed by atoms with Gasteiger partial charge in [0.2, 0.25) is 0 Å². The second kappa shape index (κ2) is 5.76. The SMILES string of the molecule is C=C(C)C(=O)Oc1ccc(O)c(C(O)(C(F)(F)F)C(F)(F)F)c1. The summed E-state index contributed by atoms with van der Waals surface area (Å²) in [6.07, 6.45) is -12.4. The second-order valence-electron chi connectivity index (χ2n) is 4.55. The molecule has 0 aliphatic rings. The molecule has 0 aromatic heterocycles. The topological polar surface area (TPSA) is 66.8 Å². The van der Waals surface area contributed by atoms with Gasteiger partial charge >= 0.3 is 18.3 Å². The lowest BCUT2D eigenvalue weighted by atomic mass is 9.91. The average Bonchev–Trinajstić information content (AvgIpc) is 2.37. The van der Waals surface area contributed by atoms with Crippen molar-refractivity contribution in [1.29, 1.82) is 0 Å². The van der Waals surface area contributed by atoms with Crippen molar-refractivity contribution in [2.45, 2.75) is 24.9 Å². The number of phenolic OH excluding ortho intramolecular Hbond substituents is 1. The Morgan fingerprint density at radius 1 is 1.13 bits per heavy atom. The third-order valence-electron chi connectivity index (χ3n) is 2.74. The normalized spacial score (nSPS) is 12.9. The zero-order valence-corrected chi connectivity index (χ0v) is 11.4. The standard InChI is InChI=1S/C13H10F6O4/c1-6(2)10(21)23-7-3-4-9(20)8(5-7)11(22,12(14,15)16)13(17,18)19/h3-5,20,22H,1H2,2H3. The molecule has 0 aliphatic heterocycles. The van der Waals surface area contributed by atoms with Gasteiger partial charge in [0.1, 0.15) is 11.5 Å². The van der Waals surface area contributed by atoms with Crippen LogP contribution in [0.5, 0.6) is 11.5 Å². The van der Waals surface area contributed by atoms with Crippen LogP contribution >= 0.6 is 0 Å². The Hall–Kier alpha value is -2.23. The number of halogens is 6. The van der Waals surface area contributed by atoms with Crippen molar-refractivity contribution in [3.05, 3.63) is 35.9 Å². The molecule has 0 saturated carbocycles. The van der Waals surface area contributed by atoms with Crippen LogP contribution in [0.25, 0.3) is 0 Å². The molecule has 4 nitrogen and oxygen atoms in total.